The van der Waals surface area contributed by atoms with Gasteiger partial charge in [0.25, 0.3) is 0 Å². The van der Waals surface area contributed by atoms with Gasteiger partial charge in [0.1, 0.15) is 5.60 Å². The zero-order valence-corrected chi connectivity index (χ0v) is 16.4. The van der Waals surface area contributed by atoms with Gasteiger partial charge in [0, 0.05) is 6.42 Å². The van der Waals surface area contributed by atoms with Crippen LogP contribution in [0.15, 0.2) is 73.3 Å². The smallest absolute Gasteiger partial charge is 0.357 e. The Labute approximate surface area is 165 Å². The van der Waals surface area contributed by atoms with Gasteiger partial charge in [-0.3, -0.25) is 0 Å². The molecule has 4 nitrogen and oxygen atoms in total. The van der Waals surface area contributed by atoms with Crippen molar-refractivity contribution >= 4 is 11.9 Å². The number of alkyl halides is 1. The topological polar surface area (TPSA) is 52.6 Å². The van der Waals surface area contributed by atoms with Crippen molar-refractivity contribution in [1.82, 2.24) is 0 Å². The first kappa shape index (κ1) is 21.4. The van der Waals surface area contributed by atoms with E-state index in [-0.39, 0.29) is 0 Å². The molecule has 28 heavy (non-hydrogen) atoms. The second-order valence-electron chi connectivity index (χ2n) is 7.40. The van der Waals surface area contributed by atoms with E-state index in [1.54, 1.807) is 69.3 Å². The Balaban J connectivity index is 2.37. The van der Waals surface area contributed by atoms with E-state index in [0.717, 1.165) is 6.08 Å². The predicted molar refractivity (Wildman–Crippen MR) is 105 cm³/mol. The molecule has 0 saturated heterocycles. The molecule has 0 unspecified atom stereocenters. The first-order chi connectivity index (χ1) is 13.2. The van der Waals surface area contributed by atoms with Gasteiger partial charge >= 0.3 is 17.6 Å². The average Bonchev–Trinajstić information content (AvgIpc) is 2.66. The SMILES string of the molecule is C=CC[C@@](F)(C(=O)OC(c1ccccc1)c1ccccc1)C(=O)OC(C)(C)C. The molecule has 1 atom stereocenters. The molecule has 2 rings (SSSR count). The Kier molecular flexibility index (Phi) is 6.73. The average molecular weight is 384 g/mol. The highest BCUT2D eigenvalue weighted by molar-refractivity contribution is 6.04. The lowest BCUT2D eigenvalue weighted by Gasteiger charge is -2.28. The standard InChI is InChI=1S/C23H25FO4/c1-5-16-23(24,21(26)28-22(2,3)4)20(25)27-19(17-12-8-6-9-13-17)18-14-10-7-11-15-18/h5-15,19H,1,16H2,2-4H3/t23-/m1/s1. The fraction of sp³-hybridized carbons (Fsp3) is 0.304. The number of rotatable bonds is 7. The molecule has 0 aromatic heterocycles. The molecule has 0 radical (unpaired) electrons. The quantitative estimate of drug-likeness (QED) is 0.385. The number of carbonyl (C=O) groups excluding carboxylic acids is 2. The summed E-state index contributed by atoms with van der Waals surface area (Å²) >= 11 is 0. The van der Waals surface area contributed by atoms with Crippen LogP contribution in [-0.4, -0.2) is 23.2 Å². The van der Waals surface area contributed by atoms with E-state index in [2.05, 4.69) is 6.58 Å². The van der Waals surface area contributed by atoms with Crippen LogP contribution < -0.4 is 0 Å². The molecule has 0 aliphatic heterocycles. The van der Waals surface area contributed by atoms with Gasteiger partial charge in [-0.15, -0.1) is 6.58 Å². The molecule has 0 spiro atoms. The molecular formula is C23H25FO4. The summed E-state index contributed by atoms with van der Waals surface area (Å²) in [6.07, 6.45) is -0.250. The highest BCUT2D eigenvalue weighted by Crippen LogP contribution is 2.31. The van der Waals surface area contributed by atoms with E-state index in [0.29, 0.717) is 11.1 Å². The third kappa shape index (κ3) is 5.28. The van der Waals surface area contributed by atoms with Crippen LogP contribution in [0.25, 0.3) is 0 Å². The third-order valence-corrected chi connectivity index (χ3v) is 3.90. The van der Waals surface area contributed by atoms with E-state index >= 15 is 4.39 Å². The Morgan fingerprint density at radius 3 is 1.82 bits per heavy atom. The Morgan fingerprint density at radius 2 is 1.43 bits per heavy atom. The van der Waals surface area contributed by atoms with E-state index in [1.807, 2.05) is 12.1 Å². The Morgan fingerprint density at radius 1 is 0.964 bits per heavy atom. The predicted octanol–water partition coefficient (Wildman–Crippen LogP) is 4.95. The van der Waals surface area contributed by atoms with Crippen LogP contribution in [-0.2, 0) is 19.1 Å². The van der Waals surface area contributed by atoms with Crippen LogP contribution in [0.3, 0.4) is 0 Å². The highest BCUT2D eigenvalue weighted by atomic mass is 19.1. The van der Waals surface area contributed by atoms with Crippen molar-refractivity contribution in [2.24, 2.45) is 0 Å². The minimum Gasteiger partial charge on any atom is -0.457 e. The van der Waals surface area contributed by atoms with Crippen LogP contribution in [0, 0.1) is 0 Å². The number of allylic oxidation sites excluding steroid dienone is 1. The van der Waals surface area contributed by atoms with Crippen LogP contribution >= 0.6 is 0 Å². The summed E-state index contributed by atoms with van der Waals surface area (Å²) in [6.45, 7) is 8.24. The number of hydrogen-bond donors (Lipinski definition) is 0. The number of hydrogen-bond acceptors (Lipinski definition) is 4. The Bertz CT molecular complexity index is 772. The molecule has 2 aromatic rings. The van der Waals surface area contributed by atoms with Crippen molar-refractivity contribution in [3.05, 3.63) is 84.4 Å². The van der Waals surface area contributed by atoms with Gasteiger partial charge in [-0.05, 0) is 31.9 Å². The lowest BCUT2D eigenvalue weighted by atomic mass is 9.99. The summed E-state index contributed by atoms with van der Waals surface area (Å²) in [7, 11) is 0. The first-order valence-corrected chi connectivity index (χ1v) is 9.01. The monoisotopic (exact) mass is 384 g/mol. The van der Waals surface area contributed by atoms with E-state index in [4.69, 9.17) is 9.47 Å². The Hall–Kier alpha value is -2.95. The van der Waals surface area contributed by atoms with Gasteiger partial charge in [0.15, 0.2) is 6.10 Å². The first-order valence-electron chi connectivity index (χ1n) is 9.01. The van der Waals surface area contributed by atoms with Crippen molar-refractivity contribution in [2.45, 2.75) is 44.6 Å². The minimum atomic E-state index is -2.98. The highest BCUT2D eigenvalue weighted by Gasteiger charge is 2.51. The van der Waals surface area contributed by atoms with Crippen LogP contribution in [0.4, 0.5) is 4.39 Å². The zero-order chi connectivity index (χ0) is 20.8. The molecule has 5 heteroatoms. The minimum absolute atomic E-state index is 0.545. The van der Waals surface area contributed by atoms with Gasteiger partial charge in [-0.2, -0.15) is 0 Å². The van der Waals surface area contributed by atoms with Crippen LogP contribution in [0.1, 0.15) is 44.4 Å². The second-order valence-corrected chi connectivity index (χ2v) is 7.40. The van der Waals surface area contributed by atoms with Gasteiger partial charge in [0.05, 0.1) is 0 Å². The molecule has 0 bridgehead atoms. The van der Waals surface area contributed by atoms with Crippen molar-refractivity contribution in [3.63, 3.8) is 0 Å². The molecule has 0 saturated carbocycles. The maximum Gasteiger partial charge on any atom is 0.357 e. The molecule has 0 amide bonds. The summed E-state index contributed by atoms with van der Waals surface area (Å²) in [5.74, 6) is -2.59. The fourth-order valence-electron chi connectivity index (χ4n) is 2.59. The maximum atomic E-state index is 15.5. The zero-order valence-electron chi connectivity index (χ0n) is 16.4. The van der Waals surface area contributed by atoms with E-state index in [9.17, 15) is 9.59 Å². The molecule has 0 fully saturated rings. The van der Waals surface area contributed by atoms with E-state index in [1.165, 1.54) is 0 Å². The molecule has 2 aromatic carbocycles. The molecule has 148 valence electrons. The largest absolute Gasteiger partial charge is 0.457 e. The van der Waals surface area contributed by atoms with Gasteiger partial charge in [-0.1, -0.05) is 66.7 Å². The fourth-order valence-corrected chi connectivity index (χ4v) is 2.59. The molecule has 0 aliphatic carbocycles. The summed E-state index contributed by atoms with van der Waals surface area (Å²) in [5.41, 5.74) is -2.61. The van der Waals surface area contributed by atoms with Gasteiger partial charge < -0.3 is 9.47 Å². The normalized spacial score (nSPS) is 13.5. The van der Waals surface area contributed by atoms with E-state index < -0.39 is 35.7 Å². The molecule has 0 aliphatic rings. The van der Waals surface area contributed by atoms with Gasteiger partial charge in [-0.25, -0.2) is 14.0 Å². The summed E-state index contributed by atoms with van der Waals surface area (Å²) in [6, 6.07) is 17.9. The third-order valence-electron chi connectivity index (χ3n) is 3.90. The number of ether oxygens (including phenoxy) is 2. The number of halogens is 1. The molecule has 0 N–H and O–H groups in total. The molecule has 0 heterocycles. The van der Waals surface area contributed by atoms with Crippen molar-refractivity contribution in [1.29, 1.82) is 0 Å². The van der Waals surface area contributed by atoms with Crippen molar-refractivity contribution in [3.8, 4) is 0 Å². The lowest BCUT2D eigenvalue weighted by Crippen LogP contribution is -2.47. The maximum absolute atomic E-state index is 15.5. The summed E-state index contributed by atoms with van der Waals surface area (Å²) < 4.78 is 26.1. The lowest BCUT2D eigenvalue weighted by molar-refractivity contribution is -0.183. The van der Waals surface area contributed by atoms with Gasteiger partial charge in [0.2, 0.25) is 0 Å². The summed E-state index contributed by atoms with van der Waals surface area (Å²) in [4.78, 5) is 25.2. The van der Waals surface area contributed by atoms with Crippen LogP contribution in [0.5, 0.6) is 0 Å². The van der Waals surface area contributed by atoms with Crippen molar-refractivity contribution in [2.75, 3.05) is 0 Å². The molecular weight excluding hydrogens is 359 g/mol. The van der Waals surface area contributed by atoms with Crippen molar-refractivity contribution < 1.29 is 23.5 Å². The number of esters is 2. The second kappa shape index (κ2) is 8.83. The summed E-state index contributed by atoms with van der Waals surface area (Å²) in [5, 5.41) is 0. The number of carbonyl (C=O) groups is 2. The van der Waals surface area contributed by atoms with Crippen LogP contribution in [0.2, 0.25) is 0 Å². The number of benzene rings is 2.